The molecule has 0 fully saturated rings. The molecule has 2 rings (SSSR count). The summed E-state index contributed by atoms with van der Waals surface area (Å²) in [5.41, 5.74) is 3.77. The minimum absolute atomic E-state index is 0.0274. The highest BCUT2D eigenvalue weighted by Gasteiger charge is 2.16. The Hall–Kier alpha value is -2.36. The van der Waals surface area contributed by atoms with Crippen LogP contribution in [0.1, 0.15) is 27.3 Å². The first kappa shape index (κ1) is 15.0. The maximum absolute atomic E-state index is 12.3. The van der Waals surface area contributed by atoms with E-state index in [-0.39, 0.29) is 12.5 Å². The number of benzene rings is 1. The fourth-order valence-corrected chi connectivity index (χ4v) is 2.28. The van der Waals surface area contributed by atoms with Gasteiger partial charge in [0.1, 0.15) is 5.75 Å². The van der Waals surface area contributed by atoms with E-state index in [4.69, 9.17) is 4.74 Å². The van der Waals surface area contributed by atoms with Gasteiger partial charge in [0, 0.05) is 11.3 Å². The van der Waals surface area contributed by atoms with Crippen molar-refractivity contribution in [3.05, 3.63) is 59.4 Å². The van der Waals surface area contributed by atoms with Gasteiger partial charge in [-0.3, -0.25) is 4.79 Å². The Morgan fingerprint density at radius 3 is 2.71 bits per heavy atom. The Morgan fingerprint density at radius 1 is 1.33 bits per heavy atom. The number of allylic oxidation sites excluding steroid dienone is 1. The lowest BCUT2D eigenvalue weighted by molar-refractivity contribution is 0.0817. The van der Waals surface area contributed by atoms with Gasteiger partial charge in [0.2, 0.25) is 0 Å². The first-order valence-corrected chi connectivity index (χ1v) is 6.92. The lowest BCUT2D eigenvalue weighted by atomic mass is 10.1. The second-order valence-corrected chi connectivity index (χ2v) is 5.00. The molecule has 0 amide bonds. The molecule has 0 spiro atoms. The van der Waals surface area contributed by atoms with Crippen LogP contribution >= 0.6 is 0 Å². The van der Waals surface area contributed by atoms with E-state index >= 15 is 0 Å². The molecular formula is C17H20N2O2. The third kappa shape index (κ3) is 3.21. The molecule has 2 aromatic rings. The Bertz CT molecular complexity index is 671. The number of carbonyl (C=O) groups is 1. The van der Waals surface area contributed by atoms with E-state index in [1.807, 2.05) is 51.1 Å². The molecule has 1 heterocycles. The molecule has 0 N–H and O–H groups in total. The smallest absolute Gasteiger partial charge is 0.284 e. The highest BCUT2D eigenvalue weighted by molar-refractivity contribution is 5.80. The molecule has 0 aliphatic rings. The van der Waals surface area contributed by atoms with Crippen molar-refractivity contribution in [2.75, 3.05) is 6.61 Å². The summed E-state index contributed by atoms with van der Waals surface area (Å²) >= 11 is 0. The lowest BCUT2D eigenvalue weighted by Gasteiger charge is -2.08. The zero-order valence-electron chi connectivity index (χ0n) is 12.7. The van der Waals surface area contributed by atoms with Crippen molar-refractivity contribution in [3.8, 4) is 5.75 Å². The molecule has 4 heteroatoms. The number of ether oxygens (including phenoxy) is 1. The van der Waals surface area contributed by atoms with Crippen molar-refractivity contribution in [2.24, 2.45) is 0 Å². The van der Waals surface area contributed by atoms with E-state index in [2.05, 4.69) is 11.7 Å². The molecule has 0 aliphatic heterocycles. The first-order valence-electron chi connectivity index (χ1n) is 6.92. The van der Waals surface area contributed by atoms with Crippen LogP contribution < -0.4 is 4.74 Å². The lowest BCUT2D eigenvalue weighted by Crippen LogP contribution is -2.22. The summed E-state index contributed by atoms with van der Waals surface area (Å²) in [5.74, 6) is 0.549. The average molecular weight is 284 g/mol. The number of para-hydroxylation sites is 1. The van der Waals surface area contributed by atoms with Gasteiger partial charge < -0.3 is 4.74 Å². The Labute approximate surface area is 125 Å². The molecule has 0 saturated heterocycles. The van der Waals surface area contributed by atoms with Gasteiger partial charge in [0.05, 0.1) is 5.69 Å². The van der Waals surface area contributed by atoms with Gasteiger partial charge in [-0.15, -0.1) is 6.58 Å². The molecule has 0 saturated carbocycles. The van der Waals surface area contributed by atoms with E-state index in [1.54, 1.807) is 0 Å². The van der Waals surface area contributed by atoms with Crippen LogP contribution in [0.3, 0.4) is 0 Å². The number of aryl methyl sites for hydroxylation is 2. The molecule has 110 valence electrons. The second-order valence-electron chi connectivity index (χ2n) is 5.00. The largest absolute Gasteiger partial charge is 0.483 e. The number of aromatic nitrogens is 2. The monoisotopic (exact) mass is 284 g/mol. The van der Waals surface area contributed by atoms with E-state index in [1.165, 1.54) is 4.68 Å². The van der Waals surface area contributed by atoms with E-state index < -0.39 is 0 Å². The molecule has 0 aliphatic carbocycles. The third-order valence-corrected chi connectivity index (χ3v) is 3.47. The summed E-state index contributed by atoms with van der Waals surface area (Å²) in [4.78, 5) is 12.3. The predicted octanol–water partition coefficient (Wildman–Crippen LogP) is 3.26. The fourth-order valence-electron chi connectivity index (χ4n) is 2.28. The molecule has 0 radical (unpaired) electrons. The van der Waals surface area contributed by atoms with Crippen LogP contribution in [0.25, 0.3) is 0 Å². The Morgan fingerprint density at radius 2 is 2.05 bits per heavy atom. The van der Waals surface area contributed by atoms with Crippen molar-refractivity contribution < 1.29 is 9.53 Å². The van der Waals surface area contributed by atoms with E-state index in [0.29, 0.717) is 6.42 Å². The van der Waals surface area contributed by atoms with Crippen molar-refractivity contribution in [2.45, 2.75) is 27.2 Å². The number of carbonyl (C=O) groups excluding carboxylic acids is 1. The summed E-state index contributed by atoms with van der Waals surface area (Å²) in [6, 6.07) is 7.63. The second kappa shape index (κ2) is 6.39. The topological polar surface area (TPSA) is 44.1 Å². The normalized spacial score (nSPS) is 10.4. The minimum Gasteiger partial charge on any atom is -0.483 e. The summed E-state index contributed by atoms with van der Waals surface area (Å²) in [6.45, 7) is 9.45. The highest BCUT2D eigenvalue weighted by atomic mass is 16.5. The number of hydrogen-bond donors (Lipinski definition) is 0. The van der Waals surface area contributed by atoms with E-state index in [9.17, 15) is 4.79 Å². The van der Waals surface area contributed by atoms with Gasteiger partial charge in [-0.25, -0.2) is 4.68 Å². The molecular weight excluding hydrogens is 264 g/mol. The summed E-state index contributed by atoms with van der Waals surface area (Å²) < 4.78 is 7.01. The van der Waals surface area contributed by atoms with Gasteiger partial charge in [-0.1, -0.05) is 24.3 Å². The zero-order chi connectivity index (χ0) is 15.4. The fraction of sp³-hybridized carbons (Fsp3) is 0.294. The van der Waals surface area contributed by atoms with Crippen LogP contribution in [0.15, 0.2) is 36.9 Å². The summed E-state index contributed by atoms with van der Waals surface area (Å²) in [6.07, 6.45) is 2.53. The maximum Gasteiger partial charge on any atom is 0.284 e. The molecule has 0 unspecified atom stereocenters. The number of rotatable bonds is 5. The van der Waals surface area contributed by atoms with Crippen LogP contribution in [-0.4, -0.2) is 22.3 Å². The van der Waals surface area contributed by atoms with Crippen LogP contribution in [-0.2, 0) is 6.42 Å². The van der Waals surface area contributed by atoms with Gasteiger partial charge in [0.25, 0.3) is 5.91 Å². The molecule has 1 aromatic carbocycles. The third-order valence-electron chi connectivity index (χ3n) is 3.47. The molecule has 1 aromatic heterocycles. The highest BCUT2D eigenvalue weighted by Crippen LogP contribution is 2.17. The minimum atomic E-state index is -0.172. The van der Waals surface area contributed by atoms with Crippen molar-refractivity contribution >= 4 is 5.91 Å². The van der Waals surface area contributed by atoms with Crippen molar-refractivity contribution in [3.63, 3.8) is 0 Å². The molecule has 21 heavy (non-hydrogen) atoms. The molecule has 4 nitrogen and oxygen atoms in total. The summed E-state index contributed by atoms with van der Waals surface area (Å²) in [7, 11) is 0. The van der Waals surface area contributed by atoms with Crippen LogP contribution in [0, 0.1) is 20.8 Å². The summed E-state index contributed by atoms with van der Waals surface area (Å²) in [5, 5.41) is 4.30. The Balaban J connectivity index is 2.12. The van der Waals surface area contributed by atoms with Crippen LogP contribution in [0.4, 0.5) is 0 Å². The van der Waals surface area contributed by atoms with E-state index in [0.717, 1.165) is 28.3 Å². The Kier molecular flexibility index (Phi) is 4.58. The van der Waals surface area contributed by atoms with Crippen LogP contribution in [0.2, 0.25) is 0 Å². The SMILES string of the molecule is C=CCc1c(C)nn(C(=O)COc2ccccc2C)c1C. The maximum atomic E-state index is 12.3. The molecule has 0 bridgehead atoms. The zero-order valence-corrected chi connectivity index (χ0v) is 12.7. The van der Waals surface area contributed by atoms with Crippen molar-refractivity contribution in [1.82, 2.24) is 9.78 Å². The number of nitrogens with zero attached hydrogens (tertiary/aromatic N) is 2. The molecule has 0 atom stereocenters. The van der Waals surface area contributed by atoms with Gasteiger partial charge in [-0.2, -0.15) is 5.10 Å². The van der Waals surface area contributed by atoms with Crippen molar-refractivity contribution in [1.29, 1.82) is 0 Å². The van der Waals surface area contributed by atoms with Gasteiger partial charge in [-0.05, 0) is 38.8 Å². The van der Waals surface area contributed by atoms with Gasteiger partial charge in [0.15, 0.2) is 6.61 Å². The standard InChI is InChI=1S/C17H20N2O2/c1-5-8-15-13(3)18-19(14(15)4)17(20)11-21-16-10-7-6-9-12(16)2/h5-7,9-10H,1,8,11H2,2-4H3. The van der Waals surface area contributed by atoms with Crippen LogP contribution in [0.5, 0.6) is 5.75 Å². The average Bonchev–Trinajstić information content (AvgIpc) is 2.75. The number of hydrogen-bond acceptors (Lipinski definition) is 3. The van der Waals surface area contributed by atoms with Gasteiger partial charge >= 0.3 is 0 Å². The quantitative estimate of drug-likeness (QED) is 0.792. The predicted molar refractivity (Wildman–Crippen MR) is 82.9 cm³/mol. The first-order chi connectivity index (χ1) is 10.0.